The Hall–Kier alpha value is -2.86. The number of benzene rings is 1. The largest absolute Gasteiger partial charge is 0.459 e. The third-order valence-electron chi connectivity index (χ3n) is 3.75. The van der Waals surface area contributed by atoms with Gasteiger partial charge >= 0.3 is 5.97 Å². The normalized spacial score (nSPS) is 10.5. The van der Waals surface area contributed by atoms with Crippen molar-refractivity contribution in [1.29, 1.82) is 0 Å². The van der Waals surface area contributed by atoms with Crippen molar-refractivity contribution in [3.63, 3.8) is 0 Å². The van der Waals surface area contributed by atoms with Crippen molar-refractivity contribution in [2.75, 3.05) is 0 Å². The fourth-order valence-electron chi connectivity index (χ4n) is 2.31. The smallest absolute Gasteiger partial charge is 0.306 e. The molecular weight excluding hydrogens is 348 g/mol. The van der Waals surface area contributed by atoms with Crippen LogP contribution in [0.15, 0.2) is 54.0 Å². The Morgan fingerprint density at radius 2 is 1.88 bits per heavy atom. The second-order valence-electron chi connectivity index (χ2n) is 5.81. The summed E-state index contributed by atoms with van der Waals surface area (Å²) in [5.74, 6) is -0.467. The lowest BCUT2D eigenvalue weighted by atomic mass is 10.1. The summed E-state index contributed by atoms with van der Waals surface area (Å²) in [4.78, 5) is 32.6. The summed E-state index contributed by atoms with van der Waals surface area (Å²) >= 11 is 1.45. The zero-order valence-electron chi connectivity index (χ0n) is 14.3. The molecule has 0 atom stereocenters. The van der Waals surface area contributed by atoms with Crippen molar-refractivity contribution in [2.45, 2.75) is 26.4 Å². The number of thiazole rings is 1. The Bertz CT molecular complexity index is 889. The van der Waals surface area contributed by atoms with E-state index in [4.69, 9.17) is 4.74 Å². The van der Waals surface area contributed by atoms with Crippen LogP contribution in [0.5, 0.6) is 0 Å². The van der Waals surface area contributed by atoms with Crippen LogP contribution in [-0.4, -0.2) is 21.7 Å². The molecule has 3 rings (SSSR count). The molecule has 0 saturated heterocycles. The van der Waals surface area contributed by atoms with Gasteiger partial charge in [0.2, 0.25) is 0 Å². The summed E-state index contributed by atoms with van der Waals surface area (Å²) in [6.07, 6.45) is 1.91. The second kappa shape index (κ2) is 8.49. The van der Waals surface area contributed by atoms with Crippen molar-refractivity contribution in [1.82, 2.24) is 9.97 Å². The van der Waals surface area contributed by atoms with Crippen LogP contribution in [0.1, 0.15) is 34.5 Å². The number of Topliss-reactive ketones (excluding diaryl/α,β-unsaturated/α-hetero) is 1. The van der Waals surface area contributed by atoms with Crippen LogP contribution in [0.25, 0.3) is 10.7 Å². The summed E-state index contributed by atoms with van der Waals surface area (Å²) < 4.78 is 5.22. The van der Waals surface area contributed by atoms with Crippen molar-refractivity contribution in [3.8, 4) is 10.7 Å². The zero-order valence-corrected chi connectivity index (χ0v) is 15.2. The number of aromatic nitrogens is 2. The topological polar surface area (TPSA) is 69.2 Å². The molecule has 0 aliphatic carbocycles. The Kier molecular flexibility index (Phi) is 5.86. The lowest BCUT2D eigenvalue weighted by Crippen LogP contribution is -2.08. The van der Waals surface area contributed by atoms with Crippen LogP contribution >= 0.6 is 11.3 Å². The monoisotopic (exact) mass is 366 g/mol. The molecule has 132 valence electrons. The molecule has 0 fully saturated rings. The molecular formula is C20H18N2O3S. The molecule has 0 unspecified atom stereocenters. The molecule has 0 N–H and O–H groups in total. The van der Waals surface area contributed by atoms with E-state index in [0.29, 0.717) is 11.3 Å². The van der Waals surface area contributed by atoms with Gasteiger partial charge in [-0.1, -0.05) is 35.9 Å². The molecule has 26 heavy (non-hydrogen) atoms. The van der Waals surface area contributed by atoms with Gasteiger partial charge in [0.15, 0.2) is 5.78 Å². The molecule has 5 nitrogen and oxygen atoms in total. The van der Waals surface area contributed by atoms with Gasteiger partial charge in [-0.05, 0) is 19.1 Å². The van der Waals surface area contributed by atoms with Crippen molar-refractivity contribution in [3.05, 3.63) is 70.9 Å². The van der Waals surface area contributed by atoms with Gasteiger partial charge in [0.25, 0.3) is 0 Å². The highest BCUT2D eigenvalue weighted by Gasteiger charge is 2.12. The number of carbonyl (C=O) groups is 2. The van der Waals surface area contributed by atoms with E-state index in [9.17, 15) is 9.59 Å². The average molecular weight is 366 g/mol. The Morgan fingerprint density at radius 3 is 2.62 bits per heavy atom. The van der Waals surface area contributed by atoms with Crippen LogP contribution in [0, 0.1) is 6.92 Å². The molecule has 2 aromatic heterocycles. The summed E-state index contributed by atoms with van der Waals surface area (Å²) in [6.45, 7) is 2.06. The second-order valence-corrected chi connectivity index (χ2v) is 6.67. The van der Waals surface area contributed by atoms with Gasteiger partial charge < -0.3 is 4.74 Å². The summed E-state index contributed by atoms with van der Waals surface area (Å²) in [5.41, 5.74) is 3.17. The number of nitrogens with zero attached hydrogens (tertiary/aromatic N) is 2. The van der Waals surface area contributed by atoms with E-state index in [-0.39, 0.29) is 25.2 Å². The third-order valence-corrected chi connectivity index (χ3v) is 4.66. The van der Waals surface area contributed by atoms with Crippen molar-refractivity contribution in [2.24, 2.45) is 0 Å². The zero-order chi connectivity index (χ0) is 18.4. The van der Waals surface area contributed by atoms with E-state index in [0.717, 1.165) is 16.3 Å². The first-order chi connectivity index (χ1) is 12.6. The maximum absolute atomic E-state index is 12.1. The molecule has 0 aliphatic rings. The predicted molar refractivity (Wildman–Crippen MR) is 99.9 cm³/mol. The molecule has 0 aliphatic heterocycles. The Balaban J connectivity index is 1.46. The lowest BCUT2D eigenvalue weighted by Gasteiger charge is -2.03. The first-order valence-electron chi connectivity index (χ1n) is 8.23. The van der Waals surface area contributed by atoms with E-state index < -0.39 is 5.97 Å². The molecule has 0 bridgehead atoms. The predicted octanol–water partition coefficient (Wildman–Crippen LogP) is 4.22. The number of rotatable bonds is 7. The highest BCUT2D eigenvalue weighted by molar-refractivity contribution is 7.13. The van der Waals surface area contributed by atoms with Gasteiger partial charge in [-0.3, -0.25) is 14.6 Å². The number of hydrogen-bond donors (Lipinski definition) is 0. The van der Waals surface area contributed by atoms with Gasteiger partial charge in [0.05, 0.1) is 17.8 Å². The average Bonchev–Trinajstić information content (AvgIpc) is 3.15. The fourth-order valence-corrected chi connectivity index (χ4v) is 3.09. The van der Waals surface area contributed by atoms with Gasteiger partial charge in [0.1, 0.15) is 11.6 Å². The SMILES string of the molecule is Cc1ccc(C(=O)CCC(=O)OCc2csc(-c3ccccn3)n2)cc1. The maximum atomic E-state index is 12.1. The van der Waals surface area contributed by atoms with Crippen molar-refractivity contribution < 1.29 is 14.3 Å². The lowest BCUT2D eigenvalue weighted by molar-refractivity contribution is -0.145. The molecule has 6 heteroatoms. The van der Waals surface area contributed by atoms with E-state index in [1.54, 1.807) is 18.3 Å². The minimum Gasteiger partial charge on any atom is -0.459 e. The maximum Gasteiger partial charge on any atom is 0.306 e. The first-order valence-corrected chi connectivity index (χ1v) is 9.11. The molecule has 0 radical (unpaired) electrons. The van der Waals surface area contributed by atoms with Crippen LogP contribution in [0.2, 0.25) is 0 Å². The molecule has 3 aromatic rings. The van der Waals surface area contributed by atoms with E-state index in [1.165, 1.54) is 11.3 Å². The summed E-state index contributed by atoms with van der Waals surface area (Å²) in [5, 5.41) is 2.63. The number of ether oxygens (including phenoxy) is 1. The minimum absolute atomic E-state index is 0.0595. The molecule has 0 amide bonds. The van der Waals surface area contributed by atoms with Crippen LogP contribution in [-0.2, 0) is 16.1 Å². The van der Waals surface area contributed by atoms with E-state index >= 15 is 0 Å². The van der Waals surface area contributed by atoms with Crippen LogP contribution < -0.4 is 0 Å². The third kappa shape index (κ3) is 4.83. The number of pyridine rings is 1. The molecule has 0 spiro atoms. The van der Waals surface area contributed by atoms with Gasteiger partial charge in [-0.25, -0.2) is 4.98 Å². The number of esters is 1. The quantitative estimate of drug-likeness (QED) is 0.462. The molecule has 2 heterocycles. The number of hydrogen-bond acceptors (Lipinski definition) is 6. The molecule has 0 saturated carbocycles. The summed E-state index contributed by atoms with van der Waals surface area (Å²) in [6, 6.07) is 12.9. The van der Waals surface area contributed by atoms with Crippen LogP contribution in [0.4, 0.5) is 0 Å². The number of ketones is 1. The fraction of sp³-hybridized carbons (Fsp3) is 0.200. The Labute approximate surface area is 155 Å². The van der Waals surface area contributed by atoms with E-state index in [2.05, 4.69) is 9.97 Å². The standard InChI is InChI=1S/C20H18N2O3S/c1-14-5-7-15(8-6-14)18(23)9-10-19(24)25-12-16-13-26-20(22-16)17-4-2-3-11-21-17/h2-8,11,13H,9-10,12H2,1H3. The Morgan fingerprint density at radius 1 is 1.08 bits per heavy atom. The highest BCUT2D eigenvalue weighted by atomic mass is 32.1. The van der Waals surface area contributed by atoms with E-state index in [1.807, 2.05) is 42.6 Å². The van der Waals surface area contributed by atoms with Crippen LogP contribution in [0.3, 0.4) is 0 Å². The number of aryl methyl sites for hydroxylation is 1. The highest BCUT2D eigenvalue weighted by Crippen LogP contribution is 2.21. The van der Waals surface area contributed by atoms with Gasteiger partial charge in [-0.15, -0.1) is 11.3 Å². The minimum atomic E-state index is -0.405. The molecule has 1 aromatic carbocycles. The summed E-state index contributed by atoms with van der Waals surface area (Å²) in [7, 11) is 0. The van der Waals surface area contributed by atoms with Gasteiger partial charge in [0, 0.05) is 23.6 Å². The van der Waals surface area contributed by atoms with Gasteiger partial charge in [-0.2, -0.15) is 0 Å². The number of carbonyl (C=O) groups excluding carboxylic acids is 2. The first kappa shape index (κ1) is 17.9. The van der Waals surface area contributed by atoms with Crippen molar-refractivity contribution >= 4 is 23.1 Å².